The molecule has 96 valence electrons. The van der Waals surface area contributed by atoms with Gasteiger partial charge in [-0.3, -0.25) is 0 Å². The molecule has 0 fully saturated rings. The minimum absolute atomic E-state index is 0.633. The number of halogens is 3. The first kappa shape index (κ1) is 12.7. The predicted octanol–water partition coefficient (Wildman–Crippen LogP) is 4.59. The zero-order valence-electron chi connectivity index (χ0n) is 9.96. The monoisotopic (exact) mass is 253 g/mol. The minimum atomic E-state index is -4.14. The fourth-order valence-corrected chi connectivity index (χ4v) is 1.96. The molecule has 0 aliphatic heterocycles. The lowest BCUT2D eigenvalue weighted by Gasteiger charge is -2.17. The van der Waals surface area contributed by atoms with Gasteiger partial charge in [-0.05, 0) is 29.8 Å². The van der Waals surface area contributed by atoms with Crippen LogP contribution >= 0.6 is 0 Å². The molecule has 1 N–H and O–H groups in total. The number of rotatable bonds is 3. The number of benzene rings is 2. The Hall–Kier alpha value is -1.71. The largest absolute Gasteiger partial charge is 0.391 e. The van der Waals surface area contributed by atoms with E-state index >= 15 is 0 Å². The molecule has 1 atom stereocenters. The van der Waals surface area contributed by atoms with Crippen molar-refractivity contribution >= 4 is 16.5 Å². The first-order valence-electron chi connectivity index (χ1n) is 5.76. The molecular weight excluding hydrogens is 239 g/mol. The van der Waals surface area contributed by atoms with Gasteiger partial charge in [-0.2, -0.15) is 13.2 Å². The summed E-state index contributed by atoms with van der Waals surface area (Å²) in [5.74, 6) is 0. The first-order chi connectivity index (χ1) is 8.44. The summed E-state index contributed by atoms with van der Waals surface area (Å²) >= 11 is 0. The summed E-state index contributed by atoms with van der Waals surface area (Å²) in [5, 5.41) is 4.96. The molecule has 4 heteroatoms. The predicted molar refractivity (Wildman–Crippen MR) is 67.7 cm³/mol. The van der Waals surface area contributed by atoms with E-state index in [4.69, 9.17) is 0 Å². The lowest BCUT2D eigenvalue weighted by molar-refractivity contribution is -0.136. The Morgan fingerprint density at radius 1 is 1.06 bits per heavy atom. The van der Waals surface area contributed by atoms with E-state index in [0.29, 0.717) is 5.69 Å². The summed E-state index contributed by atoms with van der Waals surface area (Å²) in [6.45, 7) is 1.53. The topological polar surface area (TPSA) is 12.0 Å². The van der Waals surface area contributed by atoms with Crippen molar-refractivity contribution in [1.29, 1.82) is 0 Å². The van der Waals surface area contributed by atoms with Crippen molar-refractivity contribution in [2.24, 2.45) is 0 Å². The third-order valence-corrected chi connectivity index (χ3v) is 2.70. The van der Waals surface area contributed by atoms with Crippen molar-refractivity contribution < 1.29 is 13.2 Å². The van der Waals surface area contributed by atoms with Crippen LogP contribution in [0.15, 0.2) is 42.5 Å². The van der Waals surface area contributed by atoms with Gasteiger partial charge in [0.05, 0.1) is 6.42 Å². The summed E-state index contributed by atoms with van der Waals surface area (Å²) < 4.78 is 36.7. The first-order valence-corrected chi connectivity index (χ1v) is 5.76. The van der Waals surface area contributed by atoms with Crippen LogP contribution in [0.2, 0.25) is 0 Å². The molecule has 0 aliphatic rings. The Balaban J connectivity index is 2.12. The molecule has 0 saturated carbocycles. The van der Waals surface area contributed by atoms with Crippen LogP contribution in [0.4, 0.5) is 18.9 Å². The zero-order chi connectivity index (χ0) is 13.2. The van der Waals surface area contributed by atoms with Crippen molar-refractivity contribution in [3.63, 3.8) is 0 Å². The Kier molecular flexibility index (Phi) is 3.45. The van der Waals surface area contributed by atoms with Crippen molar-refractivity contribution in [1.82, 2.24) is 0 Å². The number of hydrogen-bond acceptors (Lipinski definition) is 1. The highest BCUT2D eigenvalue weighted by atomic mass is 19.4. The molecule has 0 amide bonds. The molecule has 0 aromatic heterocycles. The smallest absolute Gasteiger partial charge is 0.382 e. The number of alkyl halides is 3. The van der Waals surface area contributed by atoms with E-state index in [0.717, 1.165) is 10.8 Å². The molecular formula is C14H14F3N. The van der Waals surface area contributed by atoms with Gasteiger partial charge in [0.2, 0.25) is 0 Å². The molecule has 0 saturated heterocycles. The summed E-state index contributed by atoms with van der Waals surface area (Å²) in [7, 11) is 0. The molecule has 0 spiro atoms. The van der Waals surface area contributed by atoms with E-state index in [1.165, 1.54) is 6.92 Å². The highest BCUT2D eigenvalue weighted by Crippen LogP contribution is 2.24. The quantitative estimate of drug-likeness (QED) is 0.843. The molecule has 1 unspecified atom stereocenters. The third kappa shape index (κ3) is 3.39. The SMILES string of the molecule is CC(CC(F)(F)F)Nc1ccc2ccccc2c1. The molecule has 0 bridgehead atoms. The highest BCUT2D eigenvalue weighted by molar-refractivity contribution is 5.85. The average Bonchev–Trinajstić information content (AvgIpc) is 2.26. The van der Waals surface area contributed by atoms with Crippen LogP contribution in [0.3, 0.4) is 0 Å². The van der Waals surface area contributed by atoms with Crippen molar-refractivity contribution in [3.05, 3.63) is 42.5 Å². The Labute approximate surface area is 104 Å². The van der Waals surface area contributed by atoms with Crippen LogP contribution in [0.5, 0.6) is 0 Å². The molecule has 0 radical (unpaired) electrons. The number of fused-ring (bicyclic) bond motifs is 1. The Morgan fingerprint density at radius 2 is 1.72 bits per heavy atom. The van der Waals surface area contributed by atoms with Gasteiger partial charge < -0.3 is 5.32 Å². The zero-order valence-corrected chi connectivity index (χ0v) is 9.96. The lowest BCUT2D eigenvalue weighted by atomic mass is 10.1. The fraction of sp³-hybridized carbons (Fsp3) is 0.286. The Morgan fingerprint density at radius 3 is 2.39 bits per heavy atom. The van der Waals surface area contributed by atoms with Gasteiger partial charge >= 0.3 is 6.18 Å². The maximum Gasteiger partial charge on any atom is 0.391 e. The summed E-state index contributed by atoms with van der Waals surface area (Å²) in [6, 6.07) is 12.7. The van der Waals surface area contributed by atoms with Crippen molar-refractivity contribution in [2.45, 2.75) is 25.6 Å². The molecule has 2 aromatic carbocycles. The van der Waals surface area contributed by atoms with E-state index in [-0.39, 0.29) is 0 Å². The van der Waals surface area contributed by atoms with Crippen LogP contribution in [-0.4, -0.2) is 12.2 Å². The maximum absolute atomic E-state index is 12.2. The van der Waals surface area contributed by atoms with Crippen LogP contribution in [0, 0.1) is 0 Å². The molecule has 0 aliphatic carbocycles. The average molecular weight is 253 g/mol. The van der Waals surface area contributed by atoms with E-state index in [9.17, 15) is 13.2 Å². The van der Waals surface area contributed by atoms with Crippen molar-refractivity contribution in [2.75, 3.05) is 5.32 Å². The van der Waals surface area contributed by atoms with Gasteiger partial charge in [0.25, 0.3) is 0 Å². The van der Waals surface area contributed by atoms with E-state index < -0.39 is 18.6 Å². The molecule has 0 heterocycles. The molecule has 18 heavy (non-hydrogen) atoms. The van der Waals surface area contributed by atoms with Gasteiger partial charge in [-0.1, -0.05) is 30.3 Å². The van der Waals surface area contributed by atoms with Crippen LogP contribution in [0.1, 0.15) is 13.3 Å². The Bertz CT molecular complexity index is 534. The third-order valence-electron chi connectivity index (χ3n) is 2.70. The number of anilines is 1. The second kappa shape index (κ2) is 4.88. The molecule has 2 rings (SSSR count). The summed E-state index contributed by atoms with van der Waals surface area (Å²) in [4.78, 5) is 0. The van der Waals surface area contributed by atoms with Crippen LogP contribution in [-0.2, 0) is 0 Å². The number of hydrogen-bond donors (Lipinski definition) is 1. The summed E-state index contributed by atoms with van der Waals surface area (Å²) in [5.41, 5.74) is 0.713. The van der Waals surface area contributed by atoms with E-state index in [2.05, 4.69) is 5.32 Å². The molecule has 2 aromatic rings. The van der Waals surface area contributed by atoms with Gasteiger partial charge in [-0.15, -0.1) is 0 Å². The van der Waals surface area contributed by atoms with Gasteiger partial charge in [-0.25, -0.2) is 0 Å². The number of nitrogens with one attached hydrogen (secondary N) is 1. The second-order valence-electron chi connectivity index (χ2n) is 4.43. The van der Waals surface area contributed by atoms with Gasteiger partial charge in [0, 0.05) is 11.7 Å². The molecule has 1 nitrogen and oxygen atoms in total. The van der Waals surface area contributed by atoms with Crippen molar-refractivity contribution in [3.8, 4) is 0 Å². The fourth-order valence-electron chi connectivity index (χ4n) is 1.96. The lowest BCUT2D eigenvalue weighted by Crippen LogP contribution is -2.23. The summed E-state index contributed by atoms with van der Waals surface area (Å²) in [6.07, 6.45) is -4.97. The van der Waals surface area contributed by atoms with Crippen LogP contribution < -0.4 is 5.32 Å². The standard InChI is InChI=1S/C14H14F3N/c1-10(9-14(15,16)17)18-13-7-6-11-4-2-3-5-12(11)8-13/h2-8,10,18H,9H2,1H3. The minimum Gasteiger partial charge on any atom is -0.382 e. The van der Waals surface area contributed by atoms with Crippen LogP contribution in [0.25, 0.3) is 10.8 Å². The van der Waals surface area contributed by atoms with Gasteiger partial charge in [0.15, 0.2) is 0 Å². The highest BCUT2D eigenvalue weighted by Gasteiger charge is 2.29. The maximum atomic E-state index is 12.2. The normalized spacial score (nSPS) is 13.6. The van der Waals surface area contributed by atoms with E-state index in [1.54, 1.807) is 6.07 Å². The van der Waals surface area contributed by atoms with Gasteiger partial charge in [0.1, 0.15) is 0 Å². The second-order valence-corrected chi connectivity index (χ2v) is 4.43. The van der Waals surface area contributed by atoms with E-state index in [1.807, 2.05) is 36.4 Å².